The van der Waals surface area contributed by atoms with Gasteiger partial charge in [0.25, 0.3) is 5.91 Å². The lowest BCUT2D eigenvalue weighted by molar-refractivity contribution is 0.0954. The lowest BCUT2D eigenvalue weighted by Gasteiger charge is -2.12. The topological polar surface area (TPSA) is 126 Å². The molecule has 11 heteroatoms. The summed E-state index contributed by atoms with van der Waals surface area (Å²) in [6, 6.07) is 12.3. The van der Waals surface area contributed by atoms with Gasteiger partial charge < -0.3 is 30.4 Å². The summed E-state index contributed by atoms with van der Waals surface area (Å²) in [4.78, 5) is 28.2. The average molecular weight is 478 g/mol. The third-order valence-corrected chi connectivity index (χ3v) is 5.33. The molecule has 2 aromatic heterocycles. The first-order chi connectivity index (χ1) is 16.7. The largest absolute Gasteiger partial charge is 0.454 e. The fourth-order valence-corrected chi connectivity index (χ4v) is 3.58. The fraction of sp³-hybridized carbons (Fsp3) is 0.130. The van der Waals surface area contributed by atoms with Crippen molar-refractivity contribution in [2.75, 3.05) is 24.0 Å². The average Bonchev–Trinajstić information content (AvgIpc) is 3.54. The number of carbonyl (C=O) groups excluding carboxylic acids is 1. The third-order valence-electron chi connectivity index (χ3n) is 5.01. The molecule has 4 aromatic rings. The van der Waals surface area contributed by atoms with Gasteiger partial charge in [0, 0.05) is 42.3 Å². The predicted octanol–water partition coefficient (Wildman–Crippen LogP) is 4.04. The Bertz CT molecular complexity index is 1310. The Morgan fingerprint density at radius 2 is 2.09 bits per heavy atom. The molecule has 0 radical (unpaired) electrons. The predicted molar refractivity (Wildman–Crippen MR) is 127 cm³/mol. The van der Waals surface area contributed by atoms with Crippen molar-refractivity contribution >= 4 is 40.6 Å². The second-order valence-electron chi connectivity index (χ2n) is 7.34. The first-order valence-electron chi connectivity index (χ1n) is 10.5. The van der Waals surface area contributed by atoms with Crippen LogP contribution in [0.15, 0.2) is 61.2 Å². The molecule has 0 saturated heterocycles. The van der Waals surface area contributed by atoms with Gasteiger partial charge in [-0.05, 0) is 36.4 Å². The molecule has 3 heterocycles. The summed E-state index contributed by atoms with van der Waals surface area (Å²) in [5.74, 6) is 1.83. The molecule has 4 N–H and O–H groups in total. The van der Waals surface area contributed by atoms with Gasteiger partial charge >= 0.3 is 0 Å². The second kappa shape index (κ2) is 9.67. The highest BCUT2D eigenvalue weighted by atomic mass is 35.5. The van der Waals surface area contributed by atoms with Crippen molar-refractivity contribution in [1.29, 1.82) is 0 Å². The summed E-state index contributed by atoms with van der Waals surface area (Å²) in [7, 11) is 0. The standard InChI is InChI=1S/C23H20ClN7O3/c24-17-4-5-18-21(34-13-33-18)20(17)30-19-7-9-27-23(31-19)29-15-3-1-2-14(10-15)22(32)26-8-6-16-11-25-12-28-16/h1-5,7,9-12H,6,8,13H2,(H,25,28)(H,26,32)(H2,27,29,30,31). The van der Waals surface area contributed by atoms with E-state index in [4.69, 9.17) is 21.1 Å². The van der Waals surface area contributed by atoms with Crippen molar-refractivity contribution < 1.29 is 14.3 Å². The Labute approximate surface area is 199 Å². The zero-order chi connectivity index (χ0) is 23.3. The minimum atomic E-state index is -0.172. The molecule has 0 aliphatic carbocycles. The molecule has 5 rings (SSSR count). The summed E-state index contributed by atoms with van der Waals surface area (Å²) in [6.07, 6.45) is 5.63. The number of aromatic nitrogens is 4. The van der Waals surface area contributed by atoms with Crippen LogP contribution in [0.25, 0.3) is 0 Å². The highest BCUT2D eigenvalue weighted by Gasteiger charge is 2.21. The lowest BCUT2D eigenvalue weighted by atomic mass is 10.2. The smallest absolute Gasteiger partial charge is 0.251 e. The van der Waals surface area contributed by atoms with E-state index in [0.717, 1.165) is 5.69 Å². The summed E-state index contributed by atoms with van der Waals surface area (Å²) in [6.45, 7) is 0.629. The number of nitrogens with one attached hydrogen (secondary N) is 4. The summed E-state index contributed by atoms with van der Waals surface area (Å²) in [5.41, 5.74) is 2.72. The van der Waals surface area contributed by atoms with Crippen LogP contribution in [0, 0.1) is 0 Å². The van der Waals surface area contributed by atoms with Gasteiger partial charge in [-0.3, -0.25) is 4.79 Å². The Morgan fingerprint density at radius 3 is 2.97 bits per heavy atom. The molecule has 172 valence electrons. The molecule has 0 fully saturated rings. The van der Waals surface area contributed by atoms with Gasteiger partial charge in [-0.25, -0.2) is 9.97 Å². The first kappa shape index (κ1) is 21.5. The number of hydrogen-bond acceptors (Lipinski definition) is 8. The summed E-state index contributed by atoms with van der Waals surface area (Å²) >= 11 is 6.34. The van der Waals surface area contributed by atoms with E-state index in [9.17, 15) is 4.79 Å². The van der Waals surface area contributed by atoms with Crippen molar-refractivity contribution in [2.45, 2.75) is 6.42 Å². The minimum absolute atomic E-state index is 0.133. The Hall–Kier alpha value is -4.31. The van der Waals surface area contributed by atoms with E-state index < -0.39 is 0 Å². The molecule has 0 spiro atoms. The number of halogens is 1. The molecule has 10 nitrogen and oxygen atoms in total. The lowest BCUT2D eigenvalue weighted by Crippen LogP contribution is -2.25. The van der Waals surface area contributed by atoms with E-state index in [2.05, 4.69) is 35.9 Å². The van der Waals surface area contributed by atoms with Crippen molar-refractivity contribution in [3.05, 3.63) is 77.5 Å². The number of H-pyrrole nitrogens is 1. The highest BCUT2D eigenvalue weighted by molar-refractivity contribution is 6.33. The quantitative estimate of drug-likeness (QED) is 0.299. The van der Waals surface area contributed by atoms with Crippen LogP contribution in [-0.2, 0) is 6.42 Å². The number of carbonyl (C=O) groups is 1. The van der Waals surface area contributed by atoms with Crippen molar-refractivity contribution in [1.82, 2.24) is 25.3 Å². The van der Waals surface area contributed by atoms with Gasteiger partial charge in [-0.15, -0.1) is 0 Å². The zero-order valence-electron chi connectivity index (χ0n) is 17.8. The molecular weight excluding hydrogens is 458 g/mol. The summed E-state index contributed by atoms with van der Waals surface area (Å²) in [5, 5.41) is 9.67. The van der Waals surface area contributed by atoms with Crippen molar-refractivity contribution in [3.63, 3.8) is 0 Å². The van der Waals surface area contributed by atoms with Gasteiger partial charge in [-0.2, -0.15) is 4.98 Å². The van der Waals surface area contributed by atoms with Crippen LogP contribution in [0.2, 0.25) is 5.02 Å². The normalized spacial score (nSPS) is 11.8. The molecule has 1 aliphatic heterocycles. The number of amides is 1. The molecule has 0 saturated carbocycles. The highest BCUT2D eigenvalue weighted by Crippen LogP contribution is 2.44. The number of rotatable bonds is 8. The number of nitrogens with zero attached hydrogens (tertiary/aromatic N) is 3. The Morgan fingerprint density at radius 1 is 1.15 bits per heavy atom. The van der Waals surface area contributed by atoms with Crippen molar-refractivity contribution in [3.8, 4) is 11.5 Å². The van der Waals surface area contributed by atoms with Crippen LogP contribution in [0.5, 0.6) is 11.5 Å². The van der Waals surface area contributed by atoms with Crippen LogP contribution >= 0.6 is 11.6 Å². The maximum Gasteiger partial charge on any atom is 0.251 e. The number of benzene rings is 2. The van der Waals surface area contributed by atoms with Crippen LogP contribution < -0.4 is 25.4 Å². The Balaban J connectivity index is 1.25. The van der Waals surface area contributed by atoms with E-state index in [1.165, 1.54) is 0 Å². The van der Waals surface area contributed by atoms with Crippen LogP contribution in [0.3, 0.4) is 0 Å². The van der Waals surface area contributed by atoms with Crippen LogP contribution in [0.1, 0.15) is 16.1 Å². The Kier molecular flexibility index (Phi) is 6.13. The third kappa shape index (κ3) is 4.86. The van der Waals surface area contributed by atoms with Gasteiger partial charge in [0.2, 0.25) is 12.7 Å². The van der Waals surface area contributed by atoms with Crippen LogP contribution in [0.4, 0.5) is 23.1 Å². The molecule has 2 aromatic carbocycles. The first-order valence-corrected chi connectivity index (χ1v) is 10.8. The number of ether oxygens (including phenoxy) is 2. The van der Waals surface area contributed by atoms with Crippen LogP contribution in [-0.4, -0.2) is 39.2 Å². The minimum Gasteiger partial charge on any atom is -0.454 e. The van der Waals surface area contributed by atoms with E-state index in [1.54, 1.807) is 55.1 Å². The fourth-order valence-electron chi connectivity index (χ4n) is 3.38. The maximum atomic E-state index is 12.5. The summed E-state index contributed by atoms with van der Waals surface area (Å²) < 4.78 is 10.9. The molecular formula is C23H20ClN7O3. The monoisotopic (exact) mass is 477 g/mol. The van der Waals surface area contributed by atoms with Gasteiger partial charge in [0.1, 0.15) is 11.5 Å². The maximum absolute atomic E-state index is 12.5. The van der Waals surface area contributed by atoms with E-state index in [0.29, 0.717) is 58.2 Å². The molecule has 0 unspecified atom stereocenters. The molecule has 0 atom stereocenters. The van der Waals surface area contributed by atoms with E-state index >= 15 is 0 Å². The second-order valence-corrected chi connectivity index (χ2v) is 7.74. The van der Waals surface area contributed by atoms with Crippen molar-refractivity contribution in [2.24, 2.45) is 0 Å². The molecule has 0 bridgehead atoms. The number of anilines is 4. The van der Waals surface area contributed by atoms with Gasteiger partial charge in [0.05, 0.1) is 11.3 Å². The molecule has 1 aliphatic rings. The van der Waals surface area contributed by atoms with Gasteiger partial charge in [-0.1, -0.05) is 17.7 Å². The van der Waals surface area contributed by atoms with E-state index in [1.807, 2.05) is 6.07 Å². The molecule has 1 amide bonds. The number of imidazole rings is 1. The van der Waals surface area contributed by atoms with E-state index in [-0.39, 0.29) is 12.7 Å². The SMILES string of the molecule is O=C(NCCc1cnc[nH]1)c1cccc(Nc2nccc(Nc3c(Cl)ccc4c3OCO4)n2)c1. The number of hydrogen-bond donors (Lipinski definition) is 4. The number of aromatic amines is 1. The molecule has 34 heavy (non-hydrogen) atoms. The zero-order valence-corrected chi connectivity index (χ0v) is 18.6. The number of fused-ring (bicyclic) bond motifs is 1. The van der Waals surface area contributed by atoms with Gasteiger partial charge in [0.15, 0.2) is 11.5 Å².